The second kappa shape index (κ2) is 9.26. The van der Waals surface area contributed by atoms with Crippen LogP contribution in [0.2, 0.25) is 0 Å². The smallest absolute Gasteiger partial charge is 0.267 e. The molecule has 0 radical (unpaired) electrons. The fraction of sp³-hybridized carbons (Fsp3) is 0.217. The molecule has 0 unspecified atom stereocenters. The first-order chi connectivity index (χ1) is 14.8. The van der Waals surface area contributed by atoms with Gasteiger partial charge in [-0.3, -0.25) is 4.31 Å². The molecule has 0 aliphatic heterocycles. The van der Waals surface area contributed by atoms with Crippen molar-refractivity contribution in [3.05, 3.63) is 78.1 Å². The summed E-state index contributed by atoms with van der Waals surface area (Å²) in [5, 5.41) is 0. The number of anilines is 1. The van der Waals surface area contributed by atoms with Crippen molar-refractivity contribution in [3.63, 3.8) is 0 Å². The zero-order valence-electron chi connectivity index (χ0n) is 17.7. The molecule has 0 amide bonds. The number of halogens is 1. The van der Waals surface area contributed by atoms with E-state index in [0.717, 1.165) is 10.4 Å². The summed E-state index contributed by atoms with van der Waals surface area (Å²) in [7, 11) is 0.213. The molecule has 31 heavy (non-hydrogen) atoms. The lowest BCUT2D eigenvalue weighted by molar-refractivity contribution is 0.396. The van der Waals surface area contributed by atoms with Crippen molar-refractivity contribution in [3.8, 4) is 17.2 Å². The third-order valence-corrected chi connectivity index (χ3v) is 6.85. The van der Waals surface area contributed by atoms with Crippen LogP contribution in [0.1, 0.15) is 18.5 Å². The van der Waals surface area contributed by atoms with Gasteiger partial charge in [0.2, 0.25) is 0 Å². The maximum atomic E-state index is 14.6. The van der Waals surface area contributed by atoms with E-state index < -0.39 is 26.8 Å². The molecule has 3 aromatic rings. The number of hydrogen-bond acceptors (Lipinski definition) is 5. The lowest BCUT2D eigenvalue weighted by Gasteiger charge is -2.32. The highest BCUT2D eigenvalue weighted by Crippen LogP contribution is 2.39. The zero-order chi connectivity index (χ0) is 22.6. The minimum atomic E-state index is -4.30. The van der Waals surface area contributed by atoms with E-state index in [4.69, 9.17) is 14.2 Å². The van der Waals surface area contributed by atoms with E-state index in [2.05, 4.69) is 0 Å². The van der Waals surface area contributed by atoms with E-state index >= 15 is 0 Å². The average molecular weight is 446 g/mol. The molecule has 0 saturated carbocycles. The number of benzene rings is 3. The molecule has 0 spiro atoms. The van der Waals surface area contributed by atoms with Gasteiger partial charge in [-0.2, -0.15) is 0 Å². The maximum absolute atomic E-state index is 14.6. The molecule has 0 heterocycles. The molecule has 164 valence electrons. The molecule has 3 aromatic carbocycles. The Morgan fingerprint density at radius 3 is 2.16 bits per heavy atom. The van der Waals surface area contributed by atoms with E-state index in [0.29, 0.717) is 28.5 Å². The summed E-state index contributed by atoms with van der Waals surface area (Å²) in [5.74, 6) is 0.651. The monoisotopic (exact) mass is 445 g/mol. The van der Waals surface area contributed by atoms with Gasteiger partial charge in [-0.15, -0.1) is 0 Å². The summed E-state index contributed by atoms with van der Waals surface area (Å²) >= 11 is 0. The Morgan fingerprint density at radius 1 is 0.839 bits per heavy atom. The Morgan fingerprint density at radius 2 is 1.52 bits per heavy atom. The van der Waals surface area contributed by atoms with Crippen LogP contribution >= 0.6 is 0 Å². The van der Waals surface area contributed by atoms with Gasteiger partial charge in [-0.1, -0.05) is 18.2 Å². The van der Waals surface area contributed by atoms with E-state index in [1.165, 1.54) is 39.5 Å². The zero-order valence-corrected chi connectivity index (χ0v) is 18.5. The van der Waals surface area contributed by atoms with Crippen molar-refractivity contribution < 1.29 is 27.0 Å². The van der Waals surface area contributed by atoms with E-state index in [-0.39, 0.29) is 0 Å². The highest BCUT2D eigenvalue weighted by atomic mass is 32.2. The van der Waals surface area contributed by atoms with Crippen LogP contribution in [-0.2, 0) is 10.0 Å². The summed E-state index contributed by atoms with van der Waals surface area (Å²) in [4.78, 5) is -0.425. The predicted molar refractivity (Wildman–Crippen MR) is 117 cm³/mol. The number of sulfonamides is 1. The van der Waals surface area contributed by atoms with Crippen LogP contribution < -0.4 is 18.5 Å². The van der Waals surface area contributed by atoms with Crippen LogP contribution in [0.4, 0.5) is 10.1 Å². The fourth-order valence-corrected chi connectivity index (χ4v) is 5.07. The number of nitrogens with zero attached hydrogens (tertiary/aromatic N) is 1. The molecule has 0 fully saturated rings. The Labute approximate surface area is 181 Å². The van der Waals surface area contributed by atoms with Crippen LogP contribution in [0.25, 0.3) is 0 Å². The van der Waals surface area contributed by atoms with Crippen molar-refractivity contribution in [2.45, 2.75) is 17.9 Å². The van der Waals surface area contributed by atoms with Crippen molar-refractivity contribution in [1.29, 1.82) is 0 Å². The van der Waals surface area contributed by atoms with Gasteiger partial charge in [-0.05, 0) is 49.4 Å². The molecule has 3 rings (SSSR count). The highest BCUT2D eigenvalue weighted by Gasteiger charge is 2.34. The minimum Gasteiger partial charge on any atom is -0.497 e. The molecule has 1 atom stereocenters. The largest absolute Gasteiger partial charge is 0.497 e. The van der Waals surface area contributed by atoms with Gasteiger partial charge < -0.3 is 14.2 Å². The molecule has 8 heteroatoms. The maximum Gasteiger partial charge on any atom is 0.267 e. The molecule has 0 N–H and O–H groups in total. The van der Waals surface area contributed by atoms with Crippen LogP contribution in [0.5, 0.6) is 17.2 Å². The average Bonchev–Trinajstić information content (AvgIpc) is 2.78. The Kier molecular flexibility index (Phi) is 6.70. The van der Waals surface area contributed by atoms with E-state index in [9.17, 15) is 12.8 Å². The normalized spacial score (nSPS) is 12.2. The predicted octanol–water partition coefficient (Wildman–Crippen LogP) is 4.81. The van der Waals surface area contributed by atoms with Crippen molar-refractivity contribution in [2.24, 2.45) is 0 Å². The summed E-state index contributed by atoms with van der Waals surface area (Å²) in [6.45, 7) is 1.70. The van der Waals surface area contributed by atoms with Gasteiger partial charge in [0.25, 0.3) is 10.0 Å². The van der Waals surface area contributed by atoms with Gasteiger partial charge >= 0.3 is 0 Å². The SMILES string of the molecule is COc1cccc(N([C@@H](C)c2cc(OC)ccc2OC)S(=O)(=O)c2ccccc2F)c1. The van der Waals surface area contributed by atoms with Gasteiger partial charge in [0.1, 0.15) is 28.0 Å². The highest BCUT2D eigenvalue weighted by molar-refractivity contribution is 7.92. The number of ether oxygens (including phenoxy) is 3. The topological polar surface area (TPSA) is 65.1 Å². The van der Waals surface area contributed by atoms with E-state index in [1.807, 2.05) is 0 Å². The quantitative estimate of drug-likeness (QED) is 0.498. The Balaban J connectivity index is 2.25. The van der Waals surface area contributed by atoms with Gasteiger partial charge in [0, 0.05) is 11.6 Å². The lowest BCUT2D eigenvalue weighted by Crippen LogP contribution is -2.34. The number of rotatable bonds is 8. The first-order valence-corrected chi connectivity index (χ1v) is 10.9. The van der Waals surface area contributed by atoms with Crippen molar-refractivity contribution in [2.75, 3.05) is 25.6 Å². The van der Waals surface area contributed by atoms with Gasteiger partial charge in [0.15, 0.2) is 0 Å². The molecular weight excluding hydrogens is 421 g/mol. The molecular formula is C23H24FNO5S. The van der Waals surface area contributed by atoms with Crippen molar-refractivity contribution in [1.82, 2.24) is 0 Å². The summed E-state index contributed by atoms with van der Waals surface area (Å²) < 4.78 is 59.2. The lowest BCUT2D eigenvalue weighted by atomic mass is 10.1. The standard InChI is InChI=1S/C23H24FNO5S/c1-16(20-15-19(29-3)12-13-22(20)30-4)25(17-8-7-9-18(14-17)28-2)31(26,27)23-11-6-5-10-21(23)24/h5-16H,1-4H3/t16-/m0/s1. The van der Waals surface area contributed by atoms with Gasteiger partial charge in [-0.25, -0.2) is 12.8 Å². The number of methoxy groups -OCH3 is 3. The first kappa shape index (κ1) is 22.4. The molecule has 0 saturated heterocycles. The minimum absolute atomic E-state index is 0.319. The molecule has 0 aliphatic carbocycles. The van der Waals surface area contributed by atoms with Gasteiger partial charge in [0.05, 0.1) is 33.1 Å². The number of hydrogen-bond donors (Lipinski definition) is 0. The van der Waals surface area contributed by atoms with E-state index in [1.54, 1.807) is 49.4 Å². The van der Waals surface area contributed by atoms with Crippen LogP contribution in [0, 0.1) is 5.82 Å². The first-order valence-electron chi connectivity index (χ1n) is 9.48. The summed E-state index contributed by atoms with van der Waals surface area (Å²) in [5.41, 5.74) is 0.879. The van der Waals surface area contributed by atoms with Crippen LogP contribution in [-0.4, -0.2) is 29.7 Å². The third kappa shape index (κ3) is 4.44. The van der Waals surface area contributed by atoms with Crippen LogP contribution in [0.3, 0.4) is 0 Å². The Hall–Kier alpha value is -3.26. The third-order valence-electron chi connectivity index (χ3n) is 4.92. The van der Waals surface area contributed by atoms with Crippen LogP contribution in [0.15, 0.2) is 71.6 Å². The summed E-state index contributed by atoms with van der Waals surface area (Å²) in [6, 6.07) is 16.2. The summed E-state index contributed by atoms with van der Waals surface area (Å²) in [6.07, 6.45) is 0. The second-order valence-electron chi connectivity index (χ2n) is 6.72. The van der Waals surface area contributed by atoms with Crippen molar-refractivity contribution >= 4 is 15.7 Å². The fourth-order valence-electron chi connectivity index (χ4n) is 3.37. The molecule has 0 aliphatic rings. The molecule has 0 bridgehead atoms. The molecule has 6 nitrogen and oxygen atoms in total. The Bertz CT molecular complexity index is 1170. The second-order valence-corrected chi connectivity index (χ2v) is 8.50. The molecule has 0 aromatic heterocycles.